The number of carbonyl (C=O) groups excluding carboxylic acids is 2. The first-order valence-electron chi connectivity index (χ1n) is 8.59. The molecule has 3 aliphatic rings. The number of hydrogen-bond acceptors (Lipinski definition) is 4. The summed E-state index contributed by atoms with van der Waals surface area (Å²) in [4.78, 5) is 25.0. The lowest BCUT2D eigenvalue weighted by Gasteiger charge is -2.37. The van der Waals surface area contributed by atoms with Gasteiger partial charge >= 0.3 is 11.9 Å². The molecule has 0 unspecified atom stereocenters. The van der Waals surface area contributed by atoms with E-state index < -0.39 is 0 Å². The normalized spacial score (nSPS) is 42.6. The van der Waals surface area contributed by atoms with Crippen molar-refractivity contribution in [3.8, 4) is 0 Å². The fraction of sp³-hybridized carbons (Fsp3) is 0.778. The average molecular weight is 306 g/mol. The van der Waals surface area contributed by atoms with Gasteiger partial charge in [0.2, 0.25) is 0 Å². The number of hydrogen-bond donors (Lipinski definition) is 0. The molecular weight excluding hydrogens is 280 g/mol. The first kappa shape index (κ1) is 15.6. The van der Waals surface area contributed by atoms with Gasteiger partial charge in [0.05, 0.1) is 25.0 Å². The minimum absolute atomic E-state index is 0.0530. The predicted molar refractivity (Wildman–Crippen MR) is 81.8 cm³/mol. The molecule has 0 N–H and O–H groups in total. The number of fused-ring (bicyclic) bond motifs is 2. The third-order valence-electron chi connectivity index (χ3n) is 5.86. The van der Waals surface area contributed by atoms with Gasteiger partial charge in [-0.15, -0.1) is 0 Å². The maximum Gasteiger partial charge on any atom is 0.309 e. The van der Waals surface area contributed by atoms with Crippen LogP contribution in [0.15, 0.2) is 12.2 Å². The SMILES string of the molecule is C[C@H]1[C@@H]2C(=O)OC[C@@H]3CCCC[C@H]3C(=O)OC[C@@H]2C=C[C@@H]1C. The summed E-state index contributed by atoms with van der Waals surface area (Å²) < 4.78 is 11.2. The van der Waals surface area contributed by atoms with Crippen LogP contribution in [0.1, 0.15) is 39.5 Å². The molecule has 1 saturated heterocycles. The zero-order valence-corrected chi connectivity index (χ0v) is 13.5. The van der Waals surface area contributed by atoms with E-state index in [1.54, 1.807) is 0 Å². The zero-order valence-electron chi connectivity index (χ0n) is 13.5. The standard InChI is InChI=1S/C18H26O4/c1-11-7-8-14-10-21-17(19)15-6-4-3-5-13(15)9-22-18(20)16(14)12(11)2/h7-8,11-16H,3-6,9-10H2,1-2H3/t11-,12+,13-,14-,15+,16-/m0/s1. The summed E-state index contributed by atoms with van der Waals surface area (Å²) in [5.74, 6) is 0.126. The lowest BCUT2D eigenvalue weighted by atomic mass is 9.72. The van der Waals surface area contributed by atoms with E-state index in [0.29, 0.717) is 19.1 Å². The quantitative estimate of drug-likeness (QED) is 0.510. The molecule has 0 aromatic rings. The molecule has 0 amide bonds. The van der Waals surface area contributed by atoms with Crippen molar-refractivity contribution in [2.75, 3.05) is 13.2 Å². The van der Waals surface area contributed by atoms with Gasteiger partial charge in [0.25, 0.3) is 0 Å². The molecular formula is C18H26O4. The summed E-state index contributed by atoms with van der Waals surface area (Å²) >= 11 is 0. The van der Waals surface area contributed by atoms with Crippen molar-refractivity contribution in [1.82, 2.24) is 0 Å². The van der Waals surface area contributed by atoms with Crippen LogP contribution in [0.2, 0.25) is 0 Å². The molecule has 1 saturated carbocycles. The van der Waals surface area contributed by atoms with Crippen molar-refractivity contribution < 1.29 is 19.1 Å². The Morgan fingerprint density at radius 3 is 2.50 bits per heavy atom. The summed E-state index contributed by atoms with van der Waals surface area (Å²) in [5, 5.41) is 0. The van der Waals surface area contributed by atoms with E-state index in [1.807, 2.05) is 6.08 Å². The van der Waals surface area contributed by atoms with Gasteiger partial charge < -0.3 is 9.47 Å². The van der Waals surface area contributed by atoms with Gasteiger partial charge in [-0.1, -0.05) is 38.8 Å². The minimum Gasteiger partial charge on any atom is -0.465 e. The molecule has 0 bridgehead atoms. The monoisotopic (exact) mass is 306 g/mol. The molecule has 4 heteroatoms. The molecule has 0 radical (unpaired) electrons. The fourth-order valence-electron chi connectivity index (χ4n) is 4.17. The maximum atomic E-state index is 12.6. The fourth-order valence-corrected chi connectivity index (χ4v) is 4.17. The van der Waals surface area contributed by atoms with Gasteiger partial charge in [0.15, 0.2) is 0 Å². The summed E-state index contributed by atoms with van der Waals surface area (Å²) in [5.41, 5.74) is 0. The van der Waals surface area contributed by atoms with Crippen LogP contribution in [0.5, 0.6) is 0 Å². The molecule has 0 aromatic heterocycles. The highest BCUT2D eigenvalue weighted by Gasteiger charge is 2.41. The van der Waals surface area contributed by atoms with E-state index in [2.05, 4.69) is 19.9 Å². The van der Waals surface area contributed by atoms with Gasteiger partial charge in [0, 0.05) is 11.8 Å². The maximum absolute atomic E-state index is 12.6. The van der Waals surface area contributed by atoms with Crippen LogP contribution in [0.4, 0.5) is 0 Å². The molecule has 1 heterocycles. The zero-order chi connectivity index (χ0) is 15.7. The Bertz CT molecular complexity index is 470. The van der Waals surface area contributed by atoms with Crippen LogP contribution >= 0.6 is 0 Å². The topological polar surface area (TPSA) is 52.6 Å². The van der Waals surface area contributed by atoms with E-state index in [4.69, 9.17) is 9.47 Å². The molecule has 1 aliphatic heterocycles. The summed E-state index contributed by atoms with van der Waals surface area (Å²) in [6.07, 6.45) is 8.14. The Kier molecular flexibility index (Phi) is 4.55. The van der Waals surface area contributed by atoms with E-state index in [0.717, 1.165) is 25.7 Å². The predicted octanol–water partition coefficient (Wildman–Crippen LogP) is 2.97. The Morgan fingerprint density at radius 1 is 0.955 bits per heavy atom. The van der Waals surface area contributed by atoms with Crippen molar-refractivity contribution in [2.24, 2.45) is 35.5 Å². The van der Waals surface area contributed by atoms with Crippen molar-refractivity contribution in [1.29, 1.82) is 0 Å². The third kappa shape index (κ3) is 2.92. The van der Waals surface area contributed by atoms with E-state index in [1.165, 1.54) is 0 Å². The van der Waals surface area contributed by atoms with Crippen LogP contribution in [0, 0.1) is 35.5 Å². The highest BCUT2D eigenvalue weighted by atomic mass is 16.5. The lowest BCUT2D eigenvalue weighted by molar-refractivity contribution is -0.167. The third-order valence-corrected chi connectivity index (χ3v) is 5.86. The highest BCUT2D eigenvalue weighted by molar-refractivity contribution is 5.75. The molecule has 2 aliphatic carbocycles. The molecule has 4 nitrogen and oxygen atoms in total. The lowest BCUT2D eigenvalue weighted by Crippen LogP contribution is -2.42. The minimum atomic E-state index is -0.201. The van der Waals surface area contributed by atoms with Crippen LogP contribution in [0.3, 0.4) is 0 Å². The molecule has 122 valence electrons. The highest BCUT2D eigenvalue weighted by Crippen LogP contribution is 2.38. The van der Waals surface area contributed by atoms with Crippen molar-refractivity contribution in [3.05, 3.63) is 12.2 Å². The van der Waals surface area contributed by atoms with Crippen LogP contribution in [0.25, 0.3) is 0 Å². The summed E-state index contributed by atoms with van der Waals surface area (Å²) in [7, 11) is 0. The van der Waals surface area contributed by atoms with Crippen LogP contribution < -0.4 is 0 Å². The van der Waals surface area contributed by atoms with E-state index in [-0.39, 0.29) is 41.5 Å². The number of ether oxygens (including phenoxy) is 2. The van der Waals surface area contributed by atoms with Gasteiger partial charge in [-0.3, -0.25) is 9.59 Å². The number of cyclic esters (lactones) is 2. The Hall–Kier alpha value is -1.32. The van der Waals surface area contributed by atoms with Gasteiger partial charge in [-0.05, 0) is 24.7 Å². The second kappa shape index (κ2) is 6.43. The first-order chi connectivity index (χ1) is 10.6. The largest absolute Gasteiger partial charge is 0.465 e. The summed E-state index contributed by atoms with van der Waals surface area (Å²) in [6.45, 7) is 4.87. The molecule has 0 aromatic carbocycles. The van der Waals surface area contributed by atoms with Gasteiger partial charge in [-0.2, -0.15) is 0 Å². The number of esters is 2. The average Bonchev–Trinajstić information content (AvgIpc) is 2.53. The van der Waals surface area contributed by atoms with Crippen LogP contribution in [-0.4, -0.2) is 25.2 Å². The molecule has 6 atom stereocenters. The molecule has 3 rings (SSSR count). The van der Waals surface area contributed by atoms with Crippen molar-refractivity contribution in [3.63, 3.8) is 0 Å². The van der Waals surface area contributed by atoms with E-state index in [9.17, 15) is 9.59 Å². The summed E-state index contributed by atoms with van der Waals surface area (Å²) in [6, 6.07) is 0. The number of rotatable bonds is 0. The number of allylic oxidation sites excluding steroid dienone is 1. The molecule has 22 heavy (non-hydrogen) atoms. The van der Waals surface area contributed by atoms with Crippen molar-refractivity contribution in [2.45, 2.75) is 39.5 Å². The first-order valence-corrected chi connectivity index (χ1v) is 8.59. The molecule has 0 spiro atoms. The Labute approximate surface area is 132 Å². The Balaban J connectivity index is 1.81. The molecule has 2 fully saturated rings. The van der Waals surface area contributed by atoms with E-state index >= 15 is 0 Å². The van der Waals surface area contributed by atoms with Gasteiger partial charge in [0.1, 0.15) is 0 Å². The van der Waals surface area contributed by atoms with Gasteiger partial charge in [-0.25, -0.2) is 0 Å². The second-order valence-electron chi connectivity index (χ2n) is 7.20. The smallest absolute Gasteiger partial charge is 0.309 e. The van der Waals surface area contributed by atoms with Crippen LogP contribution in [-0.2, 0) is 19.1 Å². The Morgan fingerprint density at radius 2 is 1.68 bits per heavy atom. The van der Waals surface area contributed by atoms with Crippen molar-refractivity contribution >= 4 is 11.9 Å². The second-order valence-corrected chi connectivity index (χ2v) is 7.20. The number of carbonyl (C=O) groups is 2.